The second-order valence-electron chi connectivity index (χ2n) is 4.83. The fourth-order valence-electron chi connectivity index (χ4n) is 1.05. The molecule has 1 rings (SSSR count). The van der Waals surface area contributed by atoms with E-state index in [9.17, 15) is 0 Å². The molecule has 1 heterocycles. The van der Waals surface area contributed by atoms with Gasteiger partial charge in [0.1, 0.15) is 5.82 Å². The first-order valence-corrected chi connectivity index (χ1v) is 5.87. The smallest absolute Gasteiger partial charge is 0.135 e. The minimum Gasteiger partial charge on any atom is -0.383 e. The van der Waals surface area contributed by atoms with Gasteiger partial charge in [0, 0.05) is 6.54 Å². The molecule has 0 radical (unpaired) electrons. The van der Waals surface area contributed by atoms with E-state index in [1.54, 1.807) is 0 Å². The summed E-state index contributed by atoms with van der Waals surface area (Å²) in [5.41, 5.74) is 6.18. The van der Waals surface area contributed by atoms with Crippen LogP contribution in [0.2, 0.25) is 0 Å². The molecule has 1 atom stereocenters. The number of nitrogen functional groups attached to an aromatic ring is 1. The molecule has 0 aliphatic rings. The van der Waals surface area contributed by atoms with E-state index < -0.39 is 0 Å². The van der Waals surface area contributed by atoms with Crippen molar-refractivity contribution in [3.05, 3.63) is 9.77 Å². The van der Waals surface area contributed by atoms with Gasteiger partial charge in [0.05, 0.1) is 9.77 Å². The largest absolute Gasteiger partial charge is 0.383 e. The molecule has 0 amide bonds. The predicted molar refractivity (Wildman–Crippen MR) is 68.0 cm³/mol. The molecule has 0 spiro atoms. The lowest BCUT2D eigenvalue weighted by Crippen LogP contribution is -2.23. The van der Waals surface area contributed by atoms with Crippen LogP contribution in [0.5, 0.6) is 0 Å². The van der Waals surface area contributed by atoms with Gasteiger partial charge in [-0.3, -0.25) is 0 Å². The fraction of sp³-hybridized carbons (Fsp3) is 0.700. The Hall–Kier alpha value is -0.260. The average Bonchev–Trinajstić information content (AvgIpc) is 2.34. The molecule has 80 valence electrons. The number of aromatic nitrogens is 2. The van der Waals surface area contributed by atoms with Crippen molar-refractivity contribution in [2.24, 2.45) is 11.3 Å². The van der Waals surface area contributed by atoms with Gasteiger partial charge in [-0.05, 0) is 33.9 Å². The van der Waals surface area contributed by atoms with Crippen LogP contribution in [0.3, 0.4) is 0 Å². The van der Waals surface area contributed by atoms with Gasteiger partial charge >= 0.3 is 0 Å². The van der Waals surface area contributed by atoms with Crippen LogP contribution in [0.25, 0.3) is 0 Å². The van der Waals surface area contributed by atoms with Crippen LogP contribution >= 0.6 is 22.6 Å². The maximum absolute atomic E-state index is 5.89. The standard InChI is InChI=1S/C10H18IN3/c1-7(10(2,3)4)6-14-9(12)8(11)5-13-14/h5,7H,6,12H2,1-4H3. The molecular formula is C10H18IN3. The highest BCUT2D eigenvalue weighted by atomic mass is 127. The van der Waals surface area contributed by atoms with Crippen molar-refractivity contribution in [2.75, 3.05) is 5.73 Å². The second kappa shape index (κ2) is 4.08. The number of nitrogens with zero attached hydrogens (tertiary/aromatic N) is 2. The third-order valence-corrected chi connectivity index (χ3v) is 3.59. The summed E-state index contributed by atoms with van der Waals surface area (Å²) in [5, 5.41) is 4.25. The first kappa shape index (κ1) is 11.8. The van der Waals surface area contributed by atoms with E-state index in [0.717, 1.165) is 15.9 Å². The first-order valence-electron chi connectivity index (χ1n) is 4.79. The van der Waals surface area contributed by atoms with Crippen molar-refractivity contribution in [2.45, 2.75) is 34.2 Å². The van der Waals surface area contributed by atoms with Crippen LogP contribution in [-0.2, 0) is 6.54 Å². The number of halogens is 1. The topological polar surface area (TPSA) is 43.8 Å². The highest BCUT2D eigenvalue weighted by molar-refractivity contribution is 14.1. The SMILES string of the molecule is CC(Cn1ncc(I)c1N)C(C)(C)C. The fourth-order valence-corrected chi connectivity index (χ4v) is 1.45. The molecule has 0 aromatic carbocycles. The predicted octanol–water partition coefficient (Wildman–Crippen LogP) is 2.75. The molecule has 4 heteroatoms. The van der Waals surface area contributed by atoms with Crippen molar-refractivity contribution in [3.8, 4) is 0 Å². The summed E-state index contributed by atoms with van der Waals surface area (Å²) in [6, 6.07) is 0. The average molecular weight is 307 g/mol. The van der Waals surface area contributed by atoms with Gasteiger partial charge in [0.25, 0.3) is 0 Å². The highest BCUT2D eigenvalue weighted by Gasteiger charge is 2.21. The molecule has 1 unspecified atom stereocenters. The van der Waals surface area contributed by atoms with Gasteiger partial charge < -0.3 is 5.73 Å². The zero-order valence-electron chi connectivity index (χ0n) is 9.21. The summed E-state index contributed by atoms with van der Waals surface area (Å²) < 4.78 is 2.92. The Balaban J connectivity index is 2.75. The molecule has 3 nitrogen and oxygen atoms in total. The molecule has 0 bridgehead atoms. The molecular weight excluding hydrogens is 289 g/mol. The van der Waals surface area contributed by atoms with Crippen LogP contribution < -0.4 is 5.73 Å². The van der Waals surface area contributed by atoms with E-state index in [4.69, 9.17) is 5.73 Å². The Morgan fingerprint density at radius 3 is 2.50 bits per heavy atom. The van der Waals surface area contributed by atoms with Crippen molar-refractivity contribution < 1.29 is 0 Å². The van der Waals surface area contributed by atoms with Crippen molar-refractivity contribution in [1.29, 1.82) is 0 Å². The van der Waals surface area contributed by atoms with E-state index >= 15 is 0 Å². The number of nitrogens with two attached hydrogens (primary N) is 1. The lowest BCUT2D eigenvalue weighted by atomic mass is 9.82. The van der Waals surface area contributed by atoms with Gasteiger partial charge in [0.15, 0.2) is 0 Å². The van der Waals surface area contributed by atoms with Gasteiger partial charge in [-0.1, -0.05) is 27.7 Å². The van der Waals surface area contributed by atoms with Crippen LogP contribution in [-0.4, -0.2) is 9.78 Å². The third kappa shape index (κ3) is 2.62. The minimum atomic E-state index is 0.295. The van der Waals surface area contributed by atoms with Gasteiger partial charge in [-0.2, -0.15) is 5.10 Å². The minimum absolute atomic E-state index is 0.295. The summed E-state index contributed by atoms with van der Waals surface area (Å²) >= 11 is 2.20. The van der Waals surface area contributed by atoms with Crippen LogP contribution in [0, 0.1) is 14.9 Å². The lowest BCUT2D eigenvalue weighted by Gasteiger charge is -2.27. The van der Waals surface area contributed by atoms with Gasteiger partial charge in [-0.25, -0.2) is 4.68 Å². The monoisotopic (exact) mass is 307 g/mol. The molecule has 0 aliphatic heterocycles. The van der Waals surface area contributed by atoms with Crippen LogP contribution in [0.4, 0.5) is 5.82 Å². The molecule has 0 saturated heterocycles. The van der Waals surface area contributed by atoms with Gasteiger partial charge in [0.2, 0.25) is 0 Å². The molecule has 0 fully saturated rings. The Kier molecular flexibility index (Phi) is 3.44. The summed E-state index contributed by atoms with van der Waals surface area (Å²) in [7, 11) is 0. The summed E-state index contributed by atoms with van der Waals surface area (Å²) in [6.45, 7) is 9.83. The molecule has 0 saturated carbocycles. The summed E-state index contributed by atoms with van der Waals surface area (Å²) in [5.74, 6) is 1.34. The number of rotatable bonds is 2. The zero-order valence-corrected chi connectivity index (χ0v) is 11.4. The second-order valence-corrected chi connectivity index (χ2v) is 5.99. The normalized spacial score (nSPS) is 14.4. The summed E-state index contributed by atoms with van der Waals surface area (Å²) in [6.07, 6.45) is 1.81. The Morgan fingerprint density at radius 2 is 2.14 bits per heavy atom. The van der Waals surface area contributed by atoms with E-state index in [2.05, 4.69) is 55.4 Å². The quantitative estimate of drug-likeness (QED) is 0.854. The first-order chi connectivity index (χ1) is 6.32. The van der Waals surface area contributed by atoms with E-state index in [0.29, 0.717) is 11.3 Å². The van der Waals surface area contributed by atoms with E-state index in [1.807, 2.05) is 10.9 Å². The van der Waals surface area contributed by atoms with Crippen LogP contribution in [0.1, 0.15) is 27.7 Å². The van der Waals surface area contributed by atoms with Gasteiger partial charge in [-0.15, -0.1) is 0 Å². The number of hydrogen-bond donors (Lipinski definition) is 1. The molecule has 2 N–H and O–H groups in total. The van der Waals surface area contributed by atoms with Crippen molar-refractivity contribution >= 4 is 28.4 Å². The maximum atomic E-state index is 5.89. The van der Waals surface area contributed by atoms with E-state index in [1.165, 1.54) is 0 Å². The maximum Gasteiger partial charge on any atom is 0.135 e. The molecule has 1 aromatic heterocycles. The lowest BCUT2D eigenvalue weighted by molar-refractivity contribution is 0.227. The molecule has 14 heavy (non-hydrogen) atoms. The zero-order chi connectivity index (χ0) is 10.9. The van der Waals surface area contributed by atoms with Crippen molar-refractivity contribution in [1.82, 2.24) is 9.78 Å². The third-order valence-electron chi connectivity index (χ3n) is 2.76. The number of hydrogen-bond acceptors (Lipinski definition) is 2. The number of anilines is 1. The molecule has 0 aliphatic carbocycles. The highest BCUT2D eigenvalue weighted by Crippen LogP contribution is 2.27. The molecule has 1 aromatic rings. The summed E-state index contributed by atoms with van der Waals surface area (Å²) in [4.78, 5) is 0. The van der Waals surface area contributed by atoms with Crippen LogP contribution in [0.15, 0.2) is 6.20 Å². The Morgan fingerprint density at radius 1 is 1.57 bits per heavy atom. The van der Waals surface area contributed by atoms with E-state index in [-0.39, 0.29) is 0 Å². The van der Waals surface area contributed by atoms with Crippen molar-refractivity contribution in [3.63, 3.8) is 0 Å². The Labute approximate surface area is 99.2 Å². The Bertz CT molecular complexity index is 312.